The number of carbonyl (C=O) groups excluding carboxylic acids is 2. The first-order valence-electron chi connectivity index (χ1n) is 18.3. The zero-order chi connectivity index (χ0) is 35.7. The highest BCUT2D eigenvalue weighted by atomic mass is 16.6. The zero-order valence-electron chi connectivity index (χ0n) is 30.9. The second-order valence-electron chi connectivity index (χ2n) is 13.1. The van der Waals surface area contributed by atoms with Gasteiger partial charge in [-0.3, -0.25) is 9.59 Å². The highest BCUT2D eigenvalue weighted by Gasteiger charge is 2.31. The Labute approximate surface area is 292 Å². The Morgan fingerprint density at radius 2 is 1.17 bits per heavy atom. The van der Waals surface area contributed by atoms with E-state index in [0.29, 0.717) is 19.3 Å². The summed E-state index contributed by atoms with van der Waals surface area (Å²) < 4.78 is 17.0. The number of carboxylic acid groups (broad SMARTS) is 1. The molecule has 0 aliphatic rings. The molecule has 0 amide bonds. The van der Waals surface area contributed by atoms with Gasteiger partial charge in [-0.15, -0.1) is 0 Å². The van der Waals surface area contributed by atoms with Gasteiger partial charge in [0.25, 0.3) is 0 Å². The van der Waals surface area contributed by atoms with Gasteiger partial charge in [-0.2, -0.15) is 0 Å². The molecule has 0 aliphatic heterocycles. The van der Waals surface area contributed by atoms with E-state index in [1.54, 1.807) is 0 Å². The van der Waals surface area contributed by atoms with E-state index in [1.165, 1.54) is 25.7 Å². The highest BCUT2D eigenvalue weighted by Crippen LogP contribution is 2.11. The molecule has 0 fully saturated rings. The fraction of sp³-hybridized carbons (Fsp3) is 0.675. The third-order valence-corrected chi connectivity index (χ3v) is 7.68. The number of nitrogens with zero attached hydrogens (tertiary/aromatic N) is 1. The van der Waals surface area contributed by atoms with Crippen LogP contribution < -0.4 is 0 Å². The maximum atomic E-state index is 12.6. The average Bonchev–Trinajstić information content (AvgIpc) is 3.03. The second kappa shape index (κ2) is 31.3. The fourth-order valence-electron chi connectivity index (χ4n) is 4.83. The summed E-state index contributed by atoms with van der Waals surface area (Å²) in [4.78, 5) is 36.6. The Morgan fingerprint density at radius 3 is 1.71 bits per heavy atom. The predicted molar refractivity (Wildman–Crippen MR) is 197 cm³/mol. The molecule has 0 aromatic heterocycles. The molecule has 0 aromatic carbocycles. The van der Waals surface area contributed by atoms with Gasteiger partial charge in [-0.1, -0.05) is 113 Å². The first-order chi connectivity index (χ1) is 23.1. The standard InChI is InChI=1S/C40H67NO7/c1-6-8-10-12-14-15-16-17-18-19-20-21-22-23-25-27-29-31-39(43)48-36(34-46-33-32-37(40(44)45)41(3,4)5)35-47-38(42)30-28-26-24-13-11-9-7-2/h8,10,14-15,17-18,20-21,23,25,36-37H,6-7,9,11-13,16,19,22,24,26-35H2,1-5H3/p+1/b10-8+,15-14+,18-17+,21-20+,25-23+. The summed E-state index contributed by atoms with van der Waals surface area (Å²) >= 11 is 0. The molecule has 2 atom stereocenters. The van der Waals surface area contributed by atoms with Gasteiger partial charge in [0.15, 0.2) is 12.1 Å². The number of unbranched alkanes of at least 4 members (excludes halogenated alkanes) is 7. The quantitative estimate of drug-likeness (QED) is 0.0339. The van der Waals surface area contributed by atoms with Crippen LogP contribution in [0.2, 0.25) is 0 Å². The first kappa shape index (κ1) is 45.0. The van der Waals surface area contributed by atoms with Crippen LogP contribution in [-0.4, -0.2) is 80.6 Å². The van der Waals surface area contributed by atoms with E-state index >= 15 is 0 Å². The summed E-state index contributed by atoms with van der Waals surface area (Å²) in [5.41, 5.74) is 0. The van der Waals surface area contributed by atoms with Crippen LogP contribution in [0.3, 0.4) is 0 Å². The lowest BCUT2D eigenvalue weighted by Crippen LogP contribution is -2.50. The number of allylic oxidation sites excluding steroid dienone is 10. The maximum Gasteiger partial charge on any atom is 0.362 e. The monoisotopic (exact) mass is 674 g/mol. The molecule has 0 aromatic rings. The summed E-state index contributed by atoms with van der Waals surface area (Å²) in [6, 6.07) is -0.623. The molecule has 0 spiro atoms. The lowest BCUT2D eigenvalue weighted by Gasteiger charge is -2.31. The minimum absolute atomic E-state index is 0.0364. The Balaban J connectivity index is 4.52. The Bertz CT molecular complexity index is 975. The van der Waals surface area contributed by atoms with Crippen molar-refractivity contribution in [3.05, 3.63) is 60.8 Å². The molecule has 0 heterocycles. The van der Waals surface area contributed by atoms with Crippen LogP contribution >= 0.6 is 0 Å². The third kappa shape index (κ3) is 29.2. The van der Waals surface area contributed by atoms with E-state index < -0.39 is 18.1 Å². The van der Waals surface area contributed by atoms with E-state index in [9.17, 15) is 19.5 Å². The van der Waals surface area contributed by atoms with Crippen LogP contribution in [0.15, 0.2) is 60.8 Å². The molecule has 2 unspecified atom stereocenters. The van der Waals surface area contributed by atoms with E-state index in [0.717, 1.165) is 57.8 Å². The van der Waals surface area contributed by atoms with Crippen LogP contribution in [0.4, 0.5) is 0 Å². The molecule has 0 saturated heterocycles. The number of quaternary nitrogens is 1. The largest absolute Gasteiger partial charge is 0.477 e. The molecule has 274 valence electrons. The molecule has 0 aliphatic carbocycles. The van der Waals surface area contributed by atoms with Crippen LogP contribution in [0.1, 0.15) is 123 Å². The smallest absolute Gasteiger partial charge is 0.362 e. The molecule has 0 radical (unpaired) electrons. The van der Waals surface area contributed by atoms with Gasteiger partial charge in [0, 0.05) is 19.3 Å². The van der Waals surface area contributed by atoms with Gasteiger partial charge in [0.2, 0.25) is 0 Å². The van der Waals surface area contributed by atoms with Crippen LogP contribution in [0, 0.1) is 0 Å². The summed E-state index contributed by atoms with van der Waals surface area (Å²) in [5.74, 6) is -1.56. The van der Waals surface area contributed by atoms with Crippen molar-refractivity contribution in [2.45, 2.75) is 135 Å². The normalized spacial score (nSPS) is 13.8. The molecule has 8 nitrogen and oxygen atoms in total. The van der Waals surface area contributed by atoms with Crippen molar-refractivity contribution in [2.24, 2.45) is 0 Å². The number of ether oxygens (including phenoxy) is 3. The lowest BCUT2D eigenvalue weighted by molar-refractivity contribution is -0.887. The lowest BCUT2D eigenvalue weighted by atomic mass is 10.1. The third-order valence-electron chi connectivity index (χ3n) is 7.68. The predicted octanol–water partition coefficient (Wildman–Crippen LogP) is 9.07. The molecule has 0 bridgehead atoms. The molecule has 0 rings (SSSR count). The van der Waals surface area contributed by atoms with Gasteiger partial charge in [-0.25, -0.2) is 4.79 Å². The van der Waals surface area contributed by atoms with Crippen molar-refractivity contribution in [1.82, 2.24) is 0 Å². The summed E-state index contributed by atoms with van der Waals surface area (Å²) in [7, 11) is 5.48. The van der Waals surface area contributed by atoms with E-state index in [4.69, 9.17) is 14.2 Å². The summed E-state index contributed by atoms with van der Waals surface area (Å²) in [5, 5.41) is 9.55. The summed E-state index contributed by atoms with van der Waals surface area (Å²) in [6.07, 6.45) is 35.7. The number of likely N-dealkylation sites (N-methyl/N-ethyl adjacent to an activating group) is 1. The van der Waals surface area contributed by atoms with Gasteiger partial charge in [0.1, 0.15) is 6.61 Å². The number of carboxylic acids is 1. The molecule has 8 heteroatoms. The fourth-order valence-corrected chi connectivity index (χ4v) is 4.83. The summed E-state index contributed by atoms with van der Waals surface area (Å²) in [6.45, 7) is 4.48. The van der Waals surface area contributed by atoms with Gasteiger partial charge in [-0.05, 0) is 51.4 Å². The molecular formula is C40H68NO7+. The number of rotatable bonds is 31. The van der Waals surface area contributed by atoms with Crippen molar-refractivity contribution in [3.8, 4) is 0 Å². The van der Waals surface area contributed by atoms with Crippen molar-refractivity contribution >= 4 is 17.9 Å². The van der Waals surface area contributed by atoms with Crippen LogP contribution in [0.5, 0.6) is 0 Å². The SMILES string of the molecule is CC/C=C/C/C=C/C/C=C/C/C=C/C/C=C/CCCC(=O)OC(COCCC(C(=O)O)[N+](C)(C)C)COC(=O)CCCCCCCCC. The Hall–Kier alpha value is -2.97. The maximum absolute atomic E-state index is 12.6. The van der Waals surface area contributed by atoms with E-state index in [-0.39, 0.29) is 42.7 Å². The van der Waals surface area contributed by atoms with Crippen molar-refractivity contribution in [1.29, 1.82) is 0 Å². The number of hydrogen-bond acceptors (Lipinski definition) is 6. The molecular weight excluding hydrogens is 606 g/mol. The van der Waals surface area contributed by atoms with Crippen LogP contribution in [0.25, 0.3) is 0 Å². The van der Waals surface area contributed by atoms with Gasteiger partial charge >= 0.3 is 17.9 Å². The molecule has 48 heavy (non-hydrogen) atoms. The van der Waals surface area contributed by atoms with E-state index in [1.807, 2.05) is 21.1 Å². The second-order valence-corrected chi connectivity index (χ2v) is 13.1. The number of aliphatic carboxylic acids is 1. The van der Waals surface area contributed by atoms with Crippen molar-refractivity contribution in [2.75, 3.05) is 41.0 Å². The van der Waals surface area contributed by atoms with Gasteiger partial charge in [0.05, 0.1) is 34.4 Å². The van der Waals surface area contributed by atoms with E-state index in [2.05, 4.69) is 74.6 Å². The van der Waals surface area contributed by atoms with Gasteiger partial charge < -0.3 is 23.8 Å². The highest BCUT2D eigenvalue weighted by molar-refractivity contribution is 5.72. The number of hydrogen-bond donors (Lipinski definition) is 1. The number of carbonyl (C=O) groups is 3. The topological polar surface area (TPSA) is 99.1 Å². The first-order valence-corrected chi connectivity index (χ1v) is 18.3. The number of esters is 2. The minimum Gasteiger partial charge on any atom is -0.477 e. The minimum atomic E-state index is -0.888. The van der Waals surface area contributed by atoms with Crippen LogP contribution in [-0.2, 0) is 28.6 Å². The van der Waals surface area contributed by atoms with Crippen molar-refractivity contribution in [3.63, 3.8) is 0 Å². The zero-order valence-corrected chi connectivity index (χ0v) is 30.9. The molecule has 1 N–H and O–H groups in total. The van der Waals surface area contributed by atoms with Crippen molar-refractivity contribution < 1.29 is 38.2 Å². The molecule has 0 saturated carbocycles. The Kier molecular flexibility index (Phi) is 29.4. The average molecular weight is 675 g/mol. The Morgan fingerprint density at radius 1 is 0.646 bits per heavy atom.